The molecular weight excluding hydrogens is 291 g/mol. The first-order valence-electron chi connectivity index (χ1n) is 7.35. The summed E-state index contributed by atoms with van der Waals surface area (Å²) in [5.74, 6) is 0.105. The molecule has 5 heteroatoms. The van der Waals surface area contributed by atoms with E-state index in [1.54, 1.807) is 12.1 Å². The average molecular weight is 313 g/mol. The molecule has 1 aromatic carbocycles. The molecule has 0 bridgehead atoms. The Labute approximate surface area is 130 Å². The Morgan fingerprint density at radius 3 is 2.81 bits per heavy atom. The van der Waals surface area contributed by atoms with E-state index in [0.29, 0.717) is 12.5 Å². The van der Waals surface area contributed by atoms with Crippen molar-refractivity contribution in [2.24, 2.45) is 5.92 Å². The van der Waals surface area contributed by atoms with E-state index in [9.17, 15) is 9.18 Å². The van der Waals surface area contributed by atoms with E-state index in [0.717, 1.165) is 18.5 Å². The van der Waals surface area contributed by atoms with Crippen LogP contribution < -0.4 is 5.32 Å². The van der Waals surface area contributed by atoms with Crippen LogP contribution in [-0.2, 0) is 11.3 Å². The topological polar surface area (TPSA) is 32.3 Å². The molecule has 2 rings (SSSR count). The Bertz CT molecular complexity index is 521. The fraction of sp³-hybridized carbons (Fsp3) is 0.562. The lowest BCUT2D eigenvalue weighted by Crippen LogP contribution is -2.58. The quantitative estimate of drug-likeness (QED) is 0.926. The number of nitrogens with one attached hydrogen (secondary N) is 1. The van der Waals surface area contributed by atoms with E-state index >= 15 is 0 Å². The molecule has 1 N–H and O–H groups in total. The standard InChI is InChI=1S/C16H22ClFN2O/c1-10(2)6-15-16(21)19-11(3)8-20(15)9-12-4-5-14(18)13(17)7-12/h4-5,7,10-11,15H,6,8-9H2,1-3H3,(H,19,21). The third-order valence-electron chi connectivity index (χ3n) is 3.70. The highest BCUT2D eigenvalue weighted by molar-refractivity contribution is 6.30. The Morgan fingerprint density at radius 2 is 2.19 bits per heavy atom. The van der Waals surface area contributed by atoms with Crippen molar-refractivity contribution in [3.05, 3.63) is 34.6 Å². The van der Waals surface area contributed by atoms with E-state index < -0.39 is 5.82 Å². The molecule has 0 radical (unpaired) electrons. The summed E-state index contributed by atoms with van der Waals surface area (Å²) < 4.78 is 13.2. The van der Waals surface area contributed by atoms with E-state index in [1.165, 1.54) is 6.07 Å². The zero-order chi connectivity index (χ0) is 15.6. The normalized spacial score (nSPS) is 23.4. The molecule has 0 spiro atoms. The minimum atomic E-state index is -0.413. The molecule has 2 atom stereocenters. The SMILES string of the molecule is CC(C)CC1C(=O)NC(C)CN1Cc1ccc(F)c(Cl)c1. The van der Waals surface area contributed by atoms with Crippen LogP contribution in [0, 0.1) is 11.7 Å². The molecular formula is C16H22ClFN2O. The second kappa shape index (κ2) is 6.75. The summed E-state index contributed by atoms with van der Waals surface area (Å²) in [4.78, 5) is 14.4. The van der Waals surface area contributed by atoms with Crippen molar-refractivity contribution in [3.63, 3.8) is 0 Å². The number of hydrogen-bond acceptors (Lipinski definition) is 2. The molecule has 3 nitrogen and oxygen atoms in total. The lowest BCUT2D eigenvalue weighted by molar-refractivity contribution is -0.131. The first-order valence-corrected chi connectivity index (χ1v) is 7.73. The number of nitrogens with zero attached hydrogens (tertiary/aromatic N) is 1. The van der Waals surface area contributed by atoms with Gasteiger partial charge in [0.15, 0.2) is 0 Å². The first-order chi connectivity index (χ1) is 9.86. The summed E-state index contributed by atoms with van der Waals surface area (Å²) in [6, 6.07) is 4.73. The van der Waals surface area contributed by atoms with Gasteiger partial charge < -0.3 is 5.32 Å². The van der Waals surface area contributed by atoms with Crippen molar-refractivity contribution in [1.82, 2.24) is 10.2 Å². The fourth-order valence-electron chi connectivity index (χ4n) is 2.78. The van der Waals surface area contributed by atoms with Gasteiger partial charge in [-0.05, 0) is 37.0 Å². The van der Waals surface area contributed by atoms with Crippen LogP contribution in [0.15, 0.2) is 18.2 Å². The number of carbonyl (C=O) groups excluding carboxylic acids is 1. The van der Waals surface area contributed by atoms with Gasteiger partial charge in [-0.1, -0.05) is 31.5 Å². The molecule has 1 saturated heterocycles. The van der Waals surface area contributed by atoms with Gasteiger partial charge in [-0.25, -0.2) is 4.39 Å². The van der Waals surface area contributed by atoms with Gasteiger partial charge >= 0.3 is 0 Å². The third-order valence-corrected chi connectivity index (χ3v) is 3.99. The molecule has 1 aliphatic heterocycles. The van der Waals surface area contributed by atoms with Gasteiger partial charge in [-0.2, -0.15) is 0 Å². The molecule has 0 aromatic heterocycles. The molecule has 1 heterocycles. The maximum absolute atomic E-state index is 13.2. The Morgan fingerprint density at radius 1 is 1.48 bits per heavy atom. The van der Waals surface area contributed by atoms with Gasteiger partial charge in [0.1, 0.15) is 5.82 Å². The molecule has 1 aliphatic rings. The fourth-order valence-corrected chi connectivity index (χ4v) is 2.98. The zero-order valence-corrected chi connectivity index (χ0v) is 13.5. The predicted octanol–water partition coefficient (Wildman–Crippen LogP) is 3.21. The first kappa shape index (κ1) is 16.2. The minimum absolute atomic E-state index is 0.0793. The predicted molar refractivity (Wildman–Crippen MR) is 82.7 cm³/mol. The summed E-state index contributed by atoms with van der Waals surface area (Å²) >= 11 is 5.84. The maximum Gasteiger partial charge on any atom is 0.237 e. The number of hydrogen-bond donors (Lipinski definition) is 1. The van der Waals surface area contributed by atoms with Crippen molar-refractivity contribution in [3.8, 4) is 0 Å². The monoisotopic (exact) mass is 312 g/mol. The minimum Gasteiger partial charge on any atom is -0.351 e. The van der Waals surface area contributed by atoms with Crippen molar-refractivity contribution in [2.75, 3.05) is 6.54 Å². The molecule has 116 valence electrons. The smallest absolute Gasteiger partial charge is 0.237 e. The number of amides is 1. The third kappa shape index (κ3) is 4.17. The highest BCUT2D eigenvalue weighted by Crippen LogP contribution is 2.22. The van der Waals surface area contributed by atoms with Crippen LogP contribution in [0.3, 0.4) is 0 Å². The van der Waals surface area contributed by atoms with Crippen molar-refractivity contribution < 1.29 is 9.18 Å². The lowest BCUT2D eigenvalue weighted by atomic mass is 9.98. The molecule has 0 saturated carbocycles. The van der Waals surface area contributed by atoms with Gasteiger partial charge in [0.25, 0.3) is 0 Å². The van der Waals surface area contributed by atoms with Crippen LogP contribution in [0.1, 0.15) is 32.8 Å². The lowest BCUT2D eigenvalue weighted by Gasteiger charge is -2.39. The molecule has 1 fully saturated rings. The van der Waals surface area contributed by atoms with Crippen LogP contribution in [-0.4, -0.2) is 29.4 Å². The Balaban J connectivity index is 2.16. The number of carbonyl (C=O) groups is 1. The second-order valence-corrected chi connectivity index (χ2v) is 6.64. The van der Waals surface area contributed by atoms with Crippen LogP contribution in [0.5, 0.6) is 0 Å². The van der Waals surface area contributed by atoms with Crippen LogP contribution in [0.4, 0.5) is 4.39 Å². The maximum atomic E-state index is 13.2. The Hall–Kier alpha value is -1.13. The average Bonchev–Trinajstić information content (AvgIpc) is 2.38. The summed E-state index contributed by atoms with van der Waals surface area (Å²) in [7, 11) is 0. The summed E-state index contributed by atoms with van der Waals surface area (Å²) in [5.41, 5.74) is 0.928. The highest BCUT2D eigenvalue weighted by Gasteiger charge is 2.33. The van der Waals surface area contributed by atoms with Gasteiger partial charge in [0.05, 0.1) is 11.1 Å². The molecule has 1 amide bonds. The van der Waals surface area contributed by atoms with Gasteiger partial charge in [-0.15, -0.1) is 0 Å². The number of benzene rings is 1. The van der Waals surface area contributed by atoms with Crippen LogP contribution in [0.2, 0.25) is 5.02 Å². The number of rotatable bonds is 4. The van der Waals surface area contributed by atoms with Gasteiger partial charge in [0.2, 0.25) is 5.91 Å². The van der Waals surface area contributed by atoms with E-state index in [4.69, 9.17) is 11.6 Å². The number of piperazine rings is 1. The summed E-state index contributed by atoms with van der Waals surface area (Å²) in [6.07, 6.45) is 0.813. The molecule has 21 heavy (non-hydrogen) atoms. The van der Waals surface area contributed by atoms with Crippen molar-refractivity contribution in [1.29, 1.82) is 0 Å². The van der Waals surface area contributed by atoms with Gasteiger partial charge in [-0.3, -0.25) is 9.69 Å². The molecule has 0 aliphatic carbocycles. The Kier molecular flexibility index (Phi) is 5.22. The van der Waals surface area contributed by atoms with E-state index in [1.807, 2.05) is 6.92 Å². The molecule has 1 aromatic rings. The summed E-state index contributed by atoms with van der Waals surface area (Å²) in [6.45, 7) is 7.61. The largest absolute Gasteiger partial charge is 0.351 e. The zero-order valence-electron chi connectivity index (χ0n) is 12.7. The van der Waals surface area contributed by atoms with Crippen molar-refractivity contribution in [2.45, 2.75) is 45.8 Å². The van der Waals surface area contributed by atoms with Crippen LogP contribution in [0.25, 0.3) is 0 Å². The van der Waals surface area contributed by atoms with Crippen LogP contribution >= 0.6 is 11.6 Å². The van der Waals surface area contributed by atoms with E-state index in [-0.39, 0.29) is 23.0 Å². The second-order valence-electron chi connectivity index (χ2n) is 6.23. The van der Waals surface area contributed by atoms with E-state index in [2.05, 4.69) is 24.1 Å². The van der Waals surface area contributed by atoms with Crippen molar-refractivity contribution >= 4 is 17.5 Å². The molecule has 2 unspecified atom stereocenters. The van der Waals surface area contributed by atoms with Gasteiger partial charge in [0, 0.05) is 19.1 Å². The number of halogens is 2. The summed E-state index contributed by atoms with van der Waals surface area (Å²) in [5, 5.41) is 3.13. The highest BCUT2D eigenvalue weighted by atomic mass is 35.5.